The topological polar surface area (TPSA) is 35.5 Å². The monoisotopic (exact) mass is 276 g/mol. The number of carbonyl (C=O) groups is 1. The van der Waals surface area contributed by atoms with Crippen molar-refractivity contribution in [2.45, 2.75) is 63.8 Å². The lowest BCUT2D eigenvalue weighted by molar-refractivity contribution is -0.164. The Morgan fingerprint density at radius 2 is 1.75 bits per heavy atom. The van der Waals surface area contributed by atoms with E-state index in [1.54, 1.807) is 0 Å². The number of ether oxygens (including phenoxy) is 2. The molecule has 5 aliphatic rings. The zero-order valence-corrected chi connectivity index (χ0v) is 12.2. The summed E-state index contributed by atoms with van der Waals surface area (Å²) in [6.45, 7) is 1.53. The van der Waals surface area contributed by atoms with Crippen molar-refractivity contribution in [3.8, 4) is 0 Å². The molecule has 9 atom stereocenters. The second kappa shape index (κ2) is 4.00. The lowest BCUT2D eigenvalue weighted by atomic mass is 9.68. The van der Waals surface area contributed by atoms with Gasteiger partial charge < -0.3 is 9.47 Å². The first kappa shape index (κ1) is 12.0. The van der Waals surface area contributed by atoms with Crippen LogP contribution in [0.25, 0.3) is 0 Å². The zero-order chi connectivity index (χ0) is 13.4. The number of hydrogen-bond acceptors (Lipinski definition) is 3. The third-order valence-corrected chi connectivity index (χ3v) is 7.26. The van der Waals surface area contributed by atoms with Crippen LogP contribution >= 0.6 is 0 Å². The number of hydrogen-bond donors (Lipinski definition) is 0. The van der Waals surface area contributed by atoms with Crippen molar-refractivity contribution in [2.75, 3.05) is 0 Å². The molecule has 4 bridgehead atoms. The lowest BCUT2D eigenvalue weighted by Gasteiger charge is -2.36. The van der Waals surface area contributed by atoms with E-state index in [1.165, 1.54) is 32.6 Å². The van der Waals surface area contributed by atoms with Crippen molar-refractivity contribution >= 4 is 5.97 Å². The second-order valence-electron chi connectivity index (χ2n) is 7.84. The van der Waals surface area contributed by atoms with E-state index in [4.69, 9.17) is 9.47 Å². The van der Waals surface area contributed by atoms with Crippen molar-refractivity contribution in [3.05, 3.63) is 0 Å². The third kappa shape index (κ3) is 1.38. The fourth-order valence-corrected chi connectivity index (χ4v) is 7.00. The molecular formula is C17H24O3. The Labute approximate surface area is 120 Å². The van der Waals surface area contributed by atoms with Crippen LogP contribution in [0, 0.1) is 35.5 Å². The maximum absolute atomic E-state index is 11.3. The van der Waals surface area contributed by atoms with E-state index in [0.29, 0.717) is 12.0 Å². The molecule has 0 aromatic rings. The highest BCUT2D eigenvalue weighted by molar-refractivity contribution is 5.66. The largest absolute Gasteiger partial charge is 0.460 e. The van der Waals surface area contributed by atoms with Gasteiger partial charge in [-0.3, -0.25) is 4.79 Å². The van der Waals surface area contributed by atoms with Crippen molar-refractivity contribution in [1.29, 1.82) is 0 Å². The van der Waals surface area contributed by atoms with Gasteiger partial charge in [0, 0.05) is 6.92 Å². The summed E-state index contributed by atoms with van der Waals surface area (Å²) in [7, 11) is 0. The highest BCUT2D eigenvalue weighted by Crippen LogP contribution is 2.68. The van der Waals surface area contributed by atoms with Crippen LogP contribution in [0.4, 0.5) is 0 Å². The van der Waals surface area contributed by atoms with Gasteiger partial charge in [0.1, 0.15) is 6.10 Å². The van der Waals surface area contributed by atoms with Gasteiger partial charge in [-0.05, 0) is 67.6 Å². The molecule has 2 aliphatic heterocycles. The average Bonchev–Trinajstić information content (AvgIpc) is 3.13. The Hall–Kier alpha value is -0.570. The first-order valence-electron chi connectivity index (χ1n) is 8.56. The van der Waals surface area contributed by atoms with Crippen molar-refractivity contribution in [3.63, 3.8) is 0 Å². The summed E-state index contributed by atoms with van der Waals surface area (Å²) >= 11 is 0. The maximum atomic E-state index is 11.3. The molecule has 3 nitrogen and oxygen atoms in total. The molecule has 0 spiro atoms. The van der Waals surface area contributed by atoms with E-state index in [-0.39, 0.29) is 18.2 Å². The molecular weight excluding hydrogens is 252 g/mol. The molecule has 3 aliphatic carbocycles. The van der Waals surface area contributed by atoms with Crippen LogP contribution < -0.4 is 0 Å². The Morgan fingerprint density at radius 1 is 1.00 bits per heavy atom. The van der Waals surface area contributed by atoms with E-state index < -0.39 is 0 Å². The highest BCUT2D eigenvalue weighted by Gasteiger charge is 2.67. The number of esters is 1. The predicted molar refractivity (Wildman–Crippen MR) is 72.9 cm³/mol. The fourth-order valence-electron chi connectivity index (χ4n) is 7.00. The highest BCUT2D eigenvalue weighted by atomic mass is 16.6. The van der Waals surface area contributed by atoms with Gasteiger partial charge in [-0.2, -0.15) is 0 Å². The minimum atomic E-state index is -0.137. The summed E-state index contributed by atoms with van der Waals surface area (Å²) in [5.41, 5.74) is 0. The predicted octanol–water partition coefficient (Wildman–Crippen LogP) is 2.78. The van der Waals surface area contributed by atoms with Crippen LogP contribution in [-0.4, -0.2) is 24.3 Å². The molecule has 0 aromatic heterocycles. The van der Waals surface area contributed by atoms with Gasteiger partial charge >= 0.3 is 5.97 Å². The summed E-state index contributed by atoms with van der Waals surface area (Å²) in [5.74, 6) is 5.16. The van der Waals surface area contributed by atoms with E-state index in [0.717, 1.165) is 42.4 Å². The Kier molecular flexibility index (Phi) is 2.40. The molecule has 0 aromatic carbocycles. The SMILES string of the molecule is CC(=O)O[C@@H]1CC[C@@H]2O[C@H]1[C@H]1[C@H]3C[C@H]([C@H]4CCC[C@H]43)[C@H]12. The van der Waals surface area contributed by atoms with Gasteiger partial charge in [-0.25, -0.2) is 0 Å². The molecule has 2 saturated heterocycles. The van der Waals surface area contributed by atoms with E-state index >= 15 is 0 Å². The van der Waals surface area contributed by atoms with Gasteiger partial charge in [-0.1, -0.05) is 6.42 Å². The molecule has 20 heavy (non-hydrogen) atoms. The van der Waals surface area contributed by atoms with Crippen LogP contribution in [0.1, 0.15) is 45.4 Å². The molecule has 0 N–H and O–H groups in total. The summed E-state index contributed by atoms with van der Waals surface area (Å²) in [6.07, 6.45) is 8.70. The standard InChI is InChI=1S/C17H24O3/c1-8(18)19-14-6-5-13-15-11-7-12(16(15)17(14)20-13)10-4-2-3-9(10)11/h9-17H,2-7H2,1H3/t9-,10+,11+,12-,13-,14+,15-,16-,17+/m0/s1. The van der Waals surface area contributed by atoms with Gasteiger partial charge in [0.15, 0.2) is 0 Å². The van der Waals surface area contributed by atoms with Crippen LogP contribution in [0.5, 0.6) is 0 Å². The number of fused-ring (bicyclic) bond motifs is 12. The fraction of sp³-hybridized carbons (Fsp3) is 0.941. The van der Waals surface area contributed by atoms with Gasteiger partial charge in [0.2, 0.25) is 0 Å². The van der Waals surface area contributed by atoms with Crippen LogP contribution in [0.2, 0.25) is 0 Å². The average molecular weight is 276 g/mol. The van der Waals surface area contributed by atoms with Crippen molar-refractivity contribution < 1.29 is 14.3 Å². The summed E-state index contributed by atoms with van der Waals surface area (Å²) < 4.78 is 11.9. The third-order valence-electron chi connectivity index (χ3n) is 7.26. The van der Waals surface area contributed by atoms with Gasteiger partial charge in [-0.15, -0.1) is 0 Å². The number of rotatable bonds is 1. The quantitative estimate of drug-likeness (QED) is 0.691. The smallest absolute Gasteiger partial charge is 0.302 e. The Bertz CT molecular complexity index is 448. The first-order valence-corrected chi connectivity index (χ1v) is 8.56. The maximum Gasteiger partial charge on any atom is 0.302 e. The van der Waals surface area contributed by atoms with Crippen molar-refractivity contribution in [1.82, 2.24) is 0 Å². The van der Waals surface area contributed by atoms with Gasteiger partial charge in [0.25, 0.3) is 0 Å². The number of carbonyl (C=O) groups excluding carboxylic acids is 1. The molecule has 110 valence electrons. The van der Waals surface area contributed by atoms with E-state index in [2.05, 4.69) is 0 Å². The molecule has 0 radical (unpaired) electrons. The molecule has 0 unspecified atom stereocenters. The van der Waals surface area contributed by atoms with E-state index in [9.17, 15) is 4.79 Å². The molecule has 3 saturated carbocycles. The van der Waals surface area contributed by atoms with Crippen LogP contribution in [0.3, 0.4) is 0 Å². The Balaban J connectivity index is 1.46. The second-order valence-corrected chi connectivity index (χ2v) is 7.84. The van der Waals surface area contributed by atoms with Crippen molar-refractivity contribution in [2.24, 2.45) is 35.5 Å². The minimum Gasteiger partial charge on any atom is -0.460 e. The lowest BCUT2D eigenvalue weighted by Crippen LogP contribution is -2.41. The molecule has 5 rings (SSSR count). The van der Waals surface area contributed by atoms with Crippen LogP contribution in [0.15, 0.2) is 0 Å². The minimum absolute atomic E-state index is 0.0398. The zero-order valence-electron chi connectivity index (χ0n) is 12.2. The molecule has 2 heterocycles. The Morgan fingerprint density at radius 3 is 2.50 bits per heavy atom. The molecule has 3 heteroatoms. The summed E-state index contributed by atoms with van der Waals surface area (Å²) in [5, 5.41) is 0. The summed E-state index contributed by atoms with van der Waals surface area (Å²) in [6, 6.07) is 0. The molecule has 0 amide bonds. The van der Waals surface area contributed by atoms with Crippen LogP contribution in [-0.2, 0) is 14.3 Å². The van der Waals surface area contributed by atoms with Gasteiger partial charge in [0.05, 0.1) is 12.2 Å². The summed E-state index contributed by atoms with van der Waals surface area (Å²) in [4.78, 5) is 11.3. The van der Waals surface area contributed by atoms with E-state index in [1.807, 2.05) is 0 Å². The molecule has 5 fully saturated rings. The normalized spacial score (nSPS) is 58.5. The first-order chi connectivity index (χ1) is 9.74.